The predicted molar refractivity (Wildman–Crippen MR) is 124 cm³/mol. The number of halogens is 1. The van der Waals surface area contributed by atoms with Crippen molar-refractivity contribution in [3.8, 4) is 0 Å². The summed E-state index contributed by atoms with van der Waals surface area (Å²) in [6, 6.07) is 14.0. The molecule has 0 unspecified atom stereocenters. The zero-order valence-corrected chi connectivity index (χ0v) is 19.8. The maximum Gasteiger partial charge on any atom is 0.253 e. The molecule has 1 amide bonds. The number of carbonyl (C=O) groups is 1. The Morgan fingerprint density at radius 2 is 1.61 bits per heavy atom. The summed E-state index contributed by atoms with van der Waals surface area (Å²) < 4.78 is 27.5. The van der Waals surface area contributed by atoms with E-state index in [9.17, 15) is 13.2 Å². The number of nitrogens with zero attached hydrogens (tertiary/aromatic N) is 2. The molecule has 1 aliphatic heterocycles. The third-order valence-electron chi connectivity index (χ3n) is 5.05. The van der Waals surface area contributed by atoms with Gasteiger partial charge in [0.05, 0.1) is 4.90 Å². The van der Waals surface area contributed by atoms with Crippen LogP contribution in [0.4, 0.5) is 0 Å². The Kier molecular flexibility index (Phi) is 7.42. The number of rotatable bonds is 5. The molecule has 0 aliphatic carbocycles. The van der Waals surface area contributed by atoms with Crippen LogP contribution in [0.25, 0.3) is 0 Å². The molecular weight excluding hydrogens is 434 g/mol. The summed E-state index contributed by atoms with van der Waals surface area (Å²) in [4.78, 5) is 17.3. The molecule has 2 aromatic rings. The van der Waals surface area contributed by atoms with Gasteiger partial charge in [-0.1, -0.05) is 23.7 Å². The van der Waals surface area contributed by atoms with E-state index in [1.807, 2.05) is 29.2 Å². The van der Waals surface area contributed by atoms with Gasteiger partial charge in [-0.2, -0.15) is 0 Å². The molecule has 6 nitrogen and oxygen atoms in total. The van der Waals surface area contributed by atoms with Crippen LogP contribution in [0, 0.1) is 0 Å². The third kappa shape index (κ3) is 6.77. The molecule has 0 spiro atoms. The second-order valence-corrected chi connectivity index (χ2v) is 11.0. The van der Waals surface area contributed by atoms with E-state index in [0.717, 1.165) is 31.1 Å². The largest absolute Gasteiger partial charge is 0.337 e. The Hall–Kier alpha value is -1.93. The summed E-state index contributed by atoms with van der Waals surface area (Å²) in [6.07, 6.45) is 0.890. The Morgan fingerprint density at radius 3 is 2.23 bits per heavy atom. The van der Waals surface area contributed by atoms with Gasteiger partial charge < -0.3 is 4.90 Å². The van der Waals surface area contributed by atoms with Crippen LogP contribution >= 0.6 is 11.6 Å². The lowest BCUT2D eigenvalue weighted by molar-refractivity contribution is 0.0761. The molecule has 31 heavy (non-hydrogen) atoms. The van der Waals surface area contributed by atoms with Gasteiger partial charge in [0.2, 0.25) is 10.0 Å². The molecule has 1 fully saturated rings. The highest BCUT2D eigenvalue weighted by atomic mass is 35.5. The maximum absolute atomic E-state index is 13.0. The fourth-order valence-corrected chi connectivity index (χ4v) is 5.15. The van der Waals surface area contributed by atoms with Gasteiger partial charge in [0, 0.05) is 48.8 Å². The highest BCUT2D eigenvalue weighted by Crippen LogP contribution is 2.17. The molecule has 0 saturated carbocycles. The van der Waals surface area contributed by atoms with E-state index in [1.54, 1.807) is 32.9 Å². The van der Waals surface area contributed by atoms with Gasteiger partial charge in [0.1, 0.15) is 0 Å². The molecule has 1 aliphatic rings. The molecule has 1 saturated heterocycles. The van der Waals surface area contributed by atoms with Gasteiger partial charge in [-0.25, -0.2) is 13.1 Å². The van der Waals surface area contributed by atoms with Gasteiger partial charge in [-0.3, -0.25) is 9.69 Å². The summed E-state index contributed by atoms with van der Waals surface area (Å²) in [5.74, 6) is -0.0685. The van der Waals surface area contributed by atoms with Gasteiger partial charge in [0.15, 0.2) is 0 Å². The number of benzene rings is 2. The molecule has 8 heteroatoms. The van der Waals surface area contributed by atoms with Crippen molar-refractivity contribution in [3.05, 3.63) is 64.7 Å². The van der Waals surface area contributed by atoms with Crippen molar-refractivity contribution < 1.29 is 13.2 Å². The van der Waals surface area contributed by atoms with Crippen molar-refractivity contribution >= 4 is 27.5 Å². The van der Waals surface area contributed by atoms with Gasteiger partial charge >= 0.3 is 0 Å². The summed E-state index contributed by atoms with van der Waals surface area (Å²) in [5.41, 5.74) is 1.13. The second kappa shape index (κ2) is 9.69. The number of sulfonamides is 1. The number of nitrogens with one attached hydrogen (secondary N) is 1. The first-order valence-corrected chi connectivity index (χ1v) is 12.3. The van der Waals surface area contributed by atoms with Crippen LogP contribution in [0.15, 0.2) is 53.4 Å². The first-order valence-electron chi connectivity index (χ1n) is 10.4. The van der Waals surface area contributed by atoms with Crippen molar-refractivity contribution in [2.24, 2.45) is 0 Å². The SMILES string of the molecule is CC(C)(C)NS(=O)(=O)c1ccc(C(=O)N2CCCN(Cc3ccc(Cl)cc3)CC2)cc1. The highest BCUT2D eigenvalue weighted by molar-refractivity contribution is 7.89. The average molecular weight is 464 g/mol. The van der Waals surface area contributed by atoms with E-state index in [2.05, 4.69) is 9.62 Å². The summed E-state index contributed by atoms with van der Waals surface area (Å²) >= 11 is 5.96. The topological polar surface area (TPSA) is 69.7 Å². The van der Waals surface area contributed by atoms with Crippen molar-refractivity contribution in [1.82, 2.24) is 14.5 Å². The lowest BCUT2D eigenvalue weighted by Crippen LogP contribution is -2.40. The summed E-state index contributed by atoms with van der Waals surface area (Å²) in [5, 5.41) is 0.726. The van der Waals surface area contributed by atoms with E-state index < -0.39 is 15.6 Å². The van der Waals surface area contributed by atoms with Crippen LogP contribution in [0.3, 0.4) is 0 Å². The number of hydrogen-bond donors (Lipinski definition) is 1. The van der Waals surface area contributed by atoms with E-state index in [1.165, 1.54) is 17.7 Å². The fourth-order valence-electron chi connectivity index (χ4n) is 3.60. The van der Waals surface area contributed by atoms with Gasteiger partial charge in [0.25, 0.3) is 5.91 Å². The molecule has 0 aromatic heterocycles. The van der Waals surface area contributed by atoms with E-state index in [4.69, 9.17) is 11.6 Å². The van der Waals surface area contributed by atoms with Gasteiger partial charge in [-0.05, 0) is 69.2 Å². The minimum Gasteiger partial charge on any atom is -0.337 e. The first-order chi connectivity index (χ1) is 14.5. The maximum atomic E-state index is 13.0. The van der Waals surface area contributed by atoms with Crippen molar-refractivity contribution in [3.63, 3.8) is 0 Å². The predicted octanol–water partition coefficient (Wildman–Crippen LogP) is 3.76. The van der Waals surface area contributed by atoms with E-state index >= 15 is 0 Å². The van der Waals surface area contributed by atoms with Crippen LogP contribution in [0.1, 0.15) is 43.1 Å². The minimum atomic E-state index is -3.62. The monoisotopic (exact) mass is 463 g/mol. The van der Waals surface area contributed by atoms with E-state index in [0.29, 0.717) is 18.7 Å². The van der Waals surface area contributed by atoms with Crippen molar-refractivity contribution in [2.45, 2.75) is 44.2 Å². The molecule has 3 rings (SSSR count). The number of carbonyl (C=O) groups excluding carboxylic acids is 1. The van der Waals surface area contributed by atoms with Crippen LogP contribution in [0.2, 0.25) is 5.02 Å². The molecule has 1 N–H and O–H groups in total. The Morgan fingerprint density at radius 1 is 0.968 bits per heavy atom. The Balaban J connectivity index is 1.62. The minimum absolute atomic E-state index is 0.0685. The Bertz CT molecular complexity index is 1000. The standard InChI is InChI=1S/C23H30ClN3O3S/c1-23(2,3)25-31(29,30)21-11-7-19(8-12-21)22(28)27-14-4-13-26(15-16-27)17-18-5-9-20(24)10-6-18/h5-12,25H,4,13-17H2,1-3H3. The average Bonchev–Trinajstić information content (AvgIpc) is 2.93. The normalized spacial score (nSPS) is 16.2. The van der Waals surface area contributed by atoms with Gasteiger partial charge in [-0.15, -0.1) is 0 Å². The lowest BCUT2D eigenvalue weighted by atomic mass is 10.1. The fraction of sp³-hybridized carbons (Fsp3) is 0.435. The number of amides is 1. The van der Waals surface area contributed by atoms with Crippen LogP contribution in [-0.4, -0.2) is 55.8 Å². The molecule has 2 aromatic carbocycles. The third-order valence-corrected chi connectivity index (χ3v) is 7.07. The molecule has 0 bridgehead atoms. The number of hydrogen-bond acceptors (Lipinski definition) is 4. The lowest BCUT2D eigenvalue weighted by Gasteiger charge is -2.22. The van der Waals surface area contributed by atoms with E-state index in [-0.39, 0.29) is 10.8 Å². The smallest absolute Gasteiger partial charge is 0.253 e. The zero-order valence-electron chi connectivity index (χ0n) is 18.3. The zero-order chi connectivity index (χ0) is 22.6. The van der Waals surface area contributed by atoms with Crippen LogP contribution < -0.4 is 4.72 Å². The highest BCUT2D eigenvalue weighted by Gasteiger charge is 2.24. The van der Waals surface area contributed by atoms with Crippen LogP contribution in [0.5, 0.6) is 0 Å². The summed E-state index contributed by atoms with van der Waals surface area (Å²) in [7, 11) is -3.62. The Labute approximate surface area is 190 Å². The molecule has 0 atom stereocenters. The molecular formula is C23H30ClN3O3S. The molecule has 168 valence electrons. The van der Waals surface area contributed by atoms with Crippen molar-refractivity contribution in [2.75, 3.05) is 26.2 Å². The quantitative estimate of drug-likeness (QED) is 0.732. The molecule has 1 heterocycles. The molecule has 0 radical (unpaired) electrons. The second-order valence-electron chi connectivity index (χ2n) is 8.93. The van der Waals surface area contributed by atoms with Crippen molar-refractivity contribution in [1.29, 1.82) is 0 Å². The van der Waals surface area contributed by atoms with Crippen LogP contribution in [-0.2, 0) is 16.6 Å². The first kappa shape index (κ1) is 23.7. The summed E-state index contributed by atoms with van der Waals surface area (Å²) in [6.45, 7) is 9.22.